The number of halogens is 1. The number of nitrogens with one attached hydrogen (secondary N) is 1. The summed E-state index contributed by atoms with van der Waals surface area (Å²) in [5, 5.41) is 8.11. The molecule has 1 unspecified atom stereocenters. The van der Waals surface area contributed by atoms with Crippen molar-refractivity contribution in [2.75, 3.05) is 0 Å². The lowest BCUT2D eigenvalue weighted by atomic mass is 10.0. The van der Waals surface area contributed by atoms with Crippen molar-refractivity contribution in [2.24, 2.45) is 4.99 Å². The lowest BCUT2D eigenvalue weighted by molar-refractivity contribution is 0.272. The van der Waals surface area contributed by atoms with Crippen LogP contribution in [0.3, 0.4) is 0 Å². The van der Waals surface area contributed by atoms with E-state index < -0.39 is 0 Å². The first-order chi connectivity index (χ1) is 9.28. The molecule has 19 heavy (non-hydrogen) atoms. The van der Waals surface area contributed by atoms with Gasteiger partial charge in [0.2, 0.25) is 0 Å². The molecule has 3 rings (SSSR count). The number of fused-ring (bicyclic) bond motifs is 1. The molecule has 3 nitrogen and oxygen atoms in total. The van der Waals surface area contributed by atoms with Gasteiger partial charge in [-0.05, 0) is 23.8 Å². The molecule has 1 heterocycles. The Kier molecular flexibility index (Phi) is 3.05. The average Bonchev–Trinajstić information content (AvgIpc) is 2.46. The van der Waals surface area contributed by atoms with Crippen LogP contribution >= 0.6 is 11.6 Å². The number of benzene rings is 2. The molecule has 2 aromatic rings. The highest BCUT2D eigenvalue weighted by Gasteiger charge is 2.24. The Morgan fingerprint density at radius 2 is 1.95 bits per heavy atom. The van der Waals surface area contributed by atoms with Gasteiger partial charge in [0, 0.05) is 11.2 Å². The fourth-order valence-corrected chi connectivity index (χ4v) is 2.20. The molecule has 0 spiro atoms. The summed E-state index contributed by atoms with van der Waals surface area (Å²) in [4.78, 5) is 4.45. The molecule has 0 radical (unpaired) electrons. The van der Waals surface area contributed by atoms with Crippen molar-refractivity contribution in [1.29, 1.82) is 5.41 Å². The molecule has 1 atom stereocenters. The van der Waals surface area contributed by atoms with Gasteiger partial charge in [-0.25, -0.2) is 4.99 Å². The minimum atomic E-state index is -0.340. The number of aliphatic imine (C=N–C) groups is 1. The van der Waals surface area contributed by atoms with E-state index in [9.17, 15) is 0 Å². The summed E-state index contributed by atoms with van der Waals surface area (Å²) in [6.45, 7) is 0. The number of nitrogens with zero attached hydrogens (tertiary/aromatic N) is 1. The summed E-state index contributed by atoms with van der Waals surface area (Å²) in [6, 6.07) is 15.1. The first kappa shape index (κ1) is 11.9. The van der Waals surface area contributed by atoms with E-state index in [1.54, 1.807) is 18.2 Å². The van der Waals surface area contributed by atoms with Crippen molar-refractivity contribution in [3.05, 3.63) is 59.1 Å². The first-order valence-corrected chi connectivity index (χ1v) is 6.26. The highest BCUT2D eigenvalue weighted by molar-refractivity contribution is 6.33. The van der Waals surface area contributed by atoms with Gasteiger partial charge in [-0.1, -0.05) is 41.9 Å². The summed E-state index contributed by atoms with van der Waals surface area (Å²) < 4.78 is 5.94. The maximum absolute atomic E-state index is 7.50. The molecule has 1 aliphatic rings. The third-order valence-corrected chi connectivity index (χ3v) is 3.17. The van der Waals surface area contributed by atoms with Gasteiger partial charge in [0.1, 0.15) is 17.1 Å². The van der Waals surface area contributed by atoms with Crippen LogP contribution in [0.2, 0.25) is 5.02 Å². The zero-order valence-corrected chi connectivity index (χ0v) is 10.8. The molecule has 94 valence electrons. The molecule has 0 bridgehead atoms. The van der Waals surface area contributed by atoms with Gasteiger partial charge in [-0.3, -0.25) is 0 Å². The Hall–Kier alpha value is -2.13. The second-order valence-electron chi connectivity index (χ2n) is 4.20. The van der Waals surface area contributed by atoms with E-state index >= 15 is 0 Å². The highest BCUT2D eigenvalue weighted by atomic mass is 35.5. The van der Waals surface area contributed by atoms with Crippen molar-refractivity contribution in [2.45, 2.75) is 6.10 Å². The molecule has 0 aromatic heterocycles. The number of ether oxygens (including phenoxy) is 1. The minimum Gasteiger partial charge on any atom is -0.477 e. The van der Waals surface area contributed by atoms with Crippen LogP contribution in [0, 0.1) is 5.41 Å². The fourth-order valence-electron chi connectivity index (χ4n) is 2.04. The Balaban J connectivity index is 2.07. The maximum Gasteiger partial charge on any atom is 0.167 e. The molecule has 0 fully saturated rings. The van der Waals surface area contributed by atoms with Crippen LogP contribution in [0.25, 0.3) is 0 Å². The molecule has 0 aliphatic carbocycles. The van der Waals surface area contributed by atoms with Crippen LogP contribution in [0.1, 0.15) is 11.7 Å². The smallest absolute Gasteiger partial charge is 0.167 e. The van der Waals surface area contributed by atoms with E-state index in [4.69, 9.17) is 21.7 Å². The van der Waals surface area contributed by atoms with Crippen molar-refractivity contribution in [3.8, 4) is 5.75 Å². The van der Waals surface area contributed by atoms with Crippen molar-refractivity contribution >= 4 is 29.2 Å². The number of hydrogen-bond acceptors (Lipinski definition) is 3. The molecule has 0 saturated carbocycles. The van der Waals surface area contributed by atoms with Crippen molar-refractivity contribution < 1.29 is 4.74 Å². The average molecular weight is 271 g/mol. The predicted octanol–water partition coefficient (Wildman–Crippen LogP) is 4.20. The van der Waals surface area contributed by atoms with Gasteiger partial charge in [-0.15, -0.1) is 0 Å². The van der Waals surface area contributed by atoms with Gasteiger partial charge in [-0.2, -0.15) is 0 Å². The van der Waals surface area contributed by atoms with Gasteiger partial charge in [0.05, 0.1) is 0 Å². The van der Waals surface area contributed by atoms with Gasteiger partial charge < -0.3 is 10.1 Å². The highest BCUT2D eigenvalue weighted by Crippen LogP contribution is 2.38. The molecular formula is C15H11ClN2O. The summed E-state index contributed by atoms with van der Waals surface area (Å²) in [7, 11) is 0. The Morgan fingerprint density at radius 3 is 2.68 bits per heavy atom. The van der Waals surface area contributed by atoms with Crippen LogP contribution < -0.4 is 4.74 Å². The lowest BCUT2D eigenvalue weighted by Crippen LogP contribution is -2.22. The normalized spacial score (nSPS) is 17.1. The zero-order valence-electron chi connectivity index (χ0n) is 10.0. The topological polar surface area (TPSA) is 45.4 Å². The van der Waals surface area contributed by atoms with E-state index in [0.29, 0.717) is 22.2 Å². The SMILES string of the molecule is N=CC1=Nc2cc(Cl)ccc2OC1c1ccccc1. The largest absolute Gasteiger partial charge is 0.477 e. The lowest BCUT2D eigenvalue weighted by Gasteiger charge is -2.24. The van der Waals surface area contributed by atoms with E-state index in [-0.39, 0.29) is 6.10 Å². The Labute approximate surface area is 116 Å². The second-order valence-corrected chi connectivity index (χ2v) is 4.64. The van der Waals surface area contributed by atoms with Crippen LogP contribution in [0.5, 0.6) is 5.75 Å². The molecule has 1 aliphatic heterocycles. The summed E-state index contributed by atoms with van der Waals surface area (Å²) in [6.07, 6.45) is 0.883. The van der Waals surface area contributed by atoms with Crippen molar-refractivity contribution in [1.82, 2.24) is 0 Å². The summed E-state index contributed by atoms with van der Waals surface area (Å²) in [5.41, 5.74) is 2.21. The van der Waals surface area contributed by atoms with E-state index in [0.717, 1.165) is 5.56 Å². The standard InChI is InChI=1S/C15H11ClN2O/c16-11-6-7-14-12(8-11)18-13(9-17)15(19-14)10-4-2-1-3-5-10/h1-9,15,17H. The maximum atomic E-state index is 7.50. The molecular weight excluding hydrogens is 260 g/mol. The zero-order chi connectivity index (χ0) is 13.2. The molecule has 0 saturated heterocycles. The van der Waals surface area contributed by atoms with Crippen LogP contribution in [-0.4, -0.2) is 11.9 Å². The van der Waals surface area contributed by atoms with Crippen molar-refractivity contribution in [3.63, 3.8) is 0 Å². The third kappa shape index (κ3) is 2.25. The monoisotopic (exact) mass is 270 g/mol. The van der Waals surface area contributed by atoms with Gasteiger partial charge >= 0.3 is 0 Å². The predicted molar refractivity (Wildman–Crippen MR) is 77.1 cm³/mol. The fraction of sp³-hybridized carbons (Fsp3) is 0.0667. The number of rotatable bonds is 2. The van der Waals surface area contributed by atoms with Gasteiger partial charge in [0.15, 0.2) is 6.10 Å². The second kappa shape index (κ2) is 4.86. The third-order valence-electron chi connectivity index (χ3n) is 2.93. The van der Waals surface area contributed by atoms with Crippen LogP contribution in [-0.2, 0) is 0 Å². The molecule has 4 heteroatoms. The summed E-state index contributed by atoms with van der Waals surface area (Å²) >= 11 is 5.94. The van der Waals surface area contributed by atoms with Crippen LogP contribution in [0.15, 0.2) is 53.5 Å². The molecule has 1 N–H and O–H groups in total. The molecule has 0 amide bonds. The Morgan fingerprint density at radius 1 is 1.16 bits per heavy atom. The number of hydrogen-bond donors (Lipinski definition) is 1. The van der Waals surface area contributed by atoms with E-state index in [1.807, 2.05) is 30.3 Å². The van der Waals surface area contributed by atoms with Crippen LogP contribution in [0.4, 0.5) is 5.69 Å². The quantitative estimate of drug-likeness (QED) is 0.817. The Bertz CT molecular complexity index is 652. The minimum absolute atomic E-state index is 0.340. The van der Waals surface area contributed by atoms with Gasteiger partial charge in [0.25, 0.3) is 0 Å². The first-order valence-electron chi connectivity index (χ1n) is 5.88. The van der Waals surface area contributed by atoms with E-state index in [2.05, 4.69) is 4.99 Å². The summed E-state index contributed by atoms with van der Waals surface area (Å²) in [5.74, 6) is 0.684. The van der Waals surface area contributed by atoms with E-state index in [1.165, 1.54) is 6.21 Å². The molecule has 2 aromatic carbocycles.